The first kappa shape index (κ1) is 13.8. The Kier molecular flexibility index (Phi) is 3.94. The molecule has 1 atom stereocenters. The van der Waals surface area contributed by atoms with Gasteiger partial charge in [0.25, 0.3) is 0 Å². The Hall–Kier alpha value is -1.14. The standard InChI is InChI=1S/C14H22N4OS/c1-3-15-10-5-4-6-11-13(10)16-14(20-11)18-8-7-17(2)12(19)9-18/h10,15H,3-9H2,1-2H3. The van der Waals surface area contributed by atoms with Crippen LogP contribution in [0.2, 0.25) is 0 Å². The molecule has 1 saturated heterocycles. The van der Waals surface area contributed by atoms with Crippen LogP contribution in [0.1, 0.15) is 36.4 Å². The maximum atomic E-state index is 11.8. The third kappa shape index (κ3) is 2.54. The highest BCUT2D eigenvalue weighted by Gasteiger charge is 2.28. The Labute approximate surface area is 124 Å². The number of nitrogens with zero attached hydrogens (tertiary/aromatic N) is 3. The molecule has 2 heterocycles. The van der Waals surface area contributed by atoms with Gasteiger partial charge in [-0.3, -0.25) is 4.79 Å². The summed E-state index contributed by atoms with van der Waals surface area (Å²) in [4.78, 5) is 22.0. The third-order valence-corrected chi connectivity index (χ3v) is 5.31. The van der Waals surface area contributed by atoms with Crippen molar-refractivity contribution in [3.8, 4) is 0 Å². The third-order valence-electron chi connectivity index (χ3n) is 4.12. The fourth-order valence-electron chi connectivity index (χ4n) is 2.91. The molecule has 1 aliphatic carbocycles. The number of anilines is 1. The molecule has 1 aromatic heterocycles. The lowest BCUT2D eigenvalue weighted by Crippen LogP contribution is -2.48. The molecule has 0 bridgehead atoms. The lowest BCUT2D eigenvalue weighted by atomic mass is 9.98. The van der Waals surface area contributed by atoms with Gasteiger partial charge in [0.1, 0.15) is 0 Å². The van der Waals surface area contributed by atoms with E-state index in [9.17, 15) is 4.79 Å². The average molecular weight is 294 g/mol. The molecular formula is C14H22N4OS. The van der Waals surface area contributed by atoms with Crippen molar-refractivity contribution in [2.24, 2.45) is 0 Å². The summed E-state index contributed by atoms with van der Waals surface area (Å²) in [6, 6.07) is 0.400. The first-order valence-corrected chi connectivity index (χ1v) is 8.22. The highest BCUT2D eigenvalue weighted by Crippen LogP contribution is 2.36. The summed E-state index contributed by atoms with van der Waals surface area (Å²) >= 11 is 1.78. The second-order valence-corrected chi connectivity index (χ2v) is 6.61. The van der Waals surface area contributed by atoms with Crippen molar-refractivity contribution in [2.75, 3.05) is 38.1 Å². The SMILES string of the molecule is CCNC1CCCc2sc(N3CCN(C)C(=O)C3)nc21. The van der Waals surface area contributed by atoms with E-state index in [1.165, 1.54) is 23.4 Å². The molecule has 2 aliphatic rings. The molecule has 5 nitrogen and oxygen atoms in total. The zero-order valence-corrected chi connectivity index (χ0v) is 13.0. The van der Waals surface area contributed by atoms with Gasteiger partial charge in [-0.2, -0.15) is 0 Å². The fourth-order valence-corrected chi connectivity index (χ4v) is 4.10. The Morgan fingerprint density at radius 1 is 1.45 bits per heavy atom. The van der Waals surface area contributed by atoms with Gasteiger partial charge in [-0.1, -0.05) is 6.92 Å². The molecule has 0 radical (unpaired) electrons. The molecule has 0 aromatic carbocycles. The molecule has 3 rings (SSSR count). The van der Waals surface area contributed by atoms with E-state index in [0.29, 0.717) is 12.6 Å². The van der Waals surface area contributed by atoms with E-state index in [4.69, 9.17) is 4.98 Å². The lowest BCUT2D eigenvalue weighted by Gasteiger charge is -2.31. The van der Waals surface area contributed by atoms with E-state index in [1.54, 1.807) is 16.2 Å². The first-order valence-electron chi connectivity index (χ1n) is 7.41. The van der Waals surface area contributed by atoms with E-state index in [0.717, 1.165) is 31.2 Å². The highest BCUT2D eigenvalue weighted by molar-refractivity contribution is 7.15. The number of fused-ring (bicyclic) bond motifs is 1. The van der Waals surface area contributed by atoms with Crippen LogP contribution in [0, 0.1) is 0 Å². The van der Waals surface area contributed by atoms with Crippen LogP contribution in [0.4, 0.5) is 5.13 Å². The topological polar surface area (TPSA) is 48.5 Å². The summed E-state index contributed by atoms with van der Waals surface area (Å²) in [6.07, 6.45) is 3.54. The van der Waals surface area contributed by atoms with Crippen molar-refractivity contribution in [2.45, 2.75) is 32.2 Å². The molecule has 1 aliphatic heterocycles. The maximum Gasteiger partial charge on any atom is 0.241 e. The largest absolute Gasteiger partial charge is 0.342 e. The summed E-state index contributed by atoms with van der Waals surface area (Å²) in [5.74, 6) is 0.188. The number of aromatic nitrogens is 1. The van der Waals surface area contributed by atoms with Crippen LogP contribution in [0.5, 0.6) is 0 Å². The molecular weight excluding hydrogens is 272 g/mol. The van der Waals surface area contributed by atoms with Gasteiger partial charge in [-0.05, 0) is 25.8 Å². The summed E-state index contributed by atoms with van der Waals surface area (Å²) in [5, 5.41) is 4.55. The molecule has 1 aromatic rings. The van der Waals surface area contributed by atoms with Crippen molar-refractivity contribution < 1.29 is 4.79 Å². The van der Waals surface area contributed by atoms with Crippen LogP contribution < -0.4 is 10.2 Å². The van der Waals surface area contributed by atoms with Crippen molar-refractivity contribution in [3.05, 3.63) is 10.6 Å². The second kappa shape index (κ2) is 5.69. The normalized spacial score (nSPS) is 23.1. The highest BCUT2D eigenvalue weighted by atomic mass is 32.1. The number of carbonyl (C=O) groups is 1. The molecule has 1 fully saturated rings. The van der Waals surface area contributed by atoms with Crippen LogP contribution in [0.25, 0.3) is 0 Å². The van der Waals surface area contributed by atoms with Gasteiger partial charge in [0.2, 0.25) is 5.91 Å². The number of likely N-dealkylation sites (N-methyl/N-ethyl adjacent to an activating group) is 1. The van der Waals surface area contributed by atoms with Crippen molar-refractivity contribution in [3.63, 3.8) is 0 Å². The molecule has 6 heteroatoms. The number of rotatable bonds is 3. The number of hydrogen-bond acceptors (Lipinski definition) is 5. The Bertz CT molecular complexity index is 501. The van der Waals surface area contributed by atoms with Crippen LogP contribution in [0.3, 0.4) is 0 Å². The summed E-state index contributed by atoms with van der Waals surface area (Å²) in [6.45, 7) is 5.26. The minimum absolute atomic E-state index is 0.188. The first-order chi connectivity index (χ1) is 9.69. The predicted molar refractivity (Wildman–Crippen MR) is 81.3 cm³/mol. The molecule has 0 spiro atoms. The van der Waals surface area contributed by atoms with E-state index in [1.807, 2.05) is 7.05 Å². The Morgan fingerprint density at radius 2 is 2.30 bits per heavy atom. The van der Waals surface area contributed by atoms with Crippen LogP contribution in [-0.2, 0) is 11.2 Å². The van der Waals surface area contributed by atoms with Crippen LogP contribution in [-0.4, -0.2) is 49.0 Å². The smallest absolute Gasteiger partial charge is 0.241 e. The number of amides is 1. The Morgan fingerprint density at radius 3 is 3.05 bits per heavy atom. The molecule has 1 amide bonds. The van der Waals surface area contributed by atoms with Crippen molar-refractivity contribution in [1.82, 2.24) is 15.2 Å². The van der Waals surface area contributed by atoms with Gasteiger partial charge in [-0.15, -0.1) is 11.3 Å². The molecule has 0 saturated carbocycles. The molecule has 20 heavy (non-hydrogen) atoms. The fraction of sp³-hybridized carbons (Fsp3) is 0.714. The van der Waals surface area contributed by atoms with E-state index < -0.39 is 0 Å². The Balaban J connectivity index is 1.80. The van der Waals surface area contributed by atoms with E-state index in [2.05, 4.69) is 17.1 Å². The lowest BCUT2D eigenvalue weighted by molar-refractivity contribution is -0.129. The van der Waals surface area contributed by atoms with Gasteiger partial charge in [0.15, 0.2) is 5.13 Å². The average Bonchev–Trinajstić information content (AvgIpc) is 2.87. The number of aryl methyl sites for hydroxylation is 1. The number of nitrogens with one attached hydrogen (secondary N) is 1. The van der Waals surface area contributed by atoms with Crippen LogP contribution in [0.15, 0.2) is 0 Å². The molecule has 1 unspecified atom stereocenters. The number of hydrogen-bond donors (Lipinski definition) is 1. The minimum atomic E-state index is 0.188. The number of piperazine rings is 1. The zero-order chi connectivity index (χ0) is 14.1. The van der Waals surface area contributed by atoms with Gasteiger partial charge < -0.3 is 15.1 Å². The van der Waals surface area contributed by atoms with Gasteiger partial charge in [0.05, 0.1) is 18.3 Å². The number of thiazole rings is 1. The second-order valence-electron chi connectivity index (χ2n) is 5.54. The summed E-state index contributed by atoms with van der Waals surface area (Å²) in [7, 11) is 1.87. The number of carbonyl (C=O) groups excluding carboxylic acids is 1. The van der Waals surface area contributed by atoms with Gasteiger partial charge in [-0.25, -0.2) is 4.98 Å². The van der Waals surface area contributed by atoms with Gasteiger partial charge in [0, 0.05) is 25.0 Å². The minimum Gasteiger partial charge on any atom is -0.342 e. The quantitative estimate of drug-likeness (QED) is 0.916. The maximum absolute atomic E-state index is 11.8. The zero-order valence-electron chi connectivity index (χ0n) is 12.2. The summed E-state index contributed by atoms with van der Waals surface area (Å²) < 4.78 is 0. The molecule has 1 N–H and O–H groups in total. The predicted octanol–water partition coefficient (Wildman–Crippen LogP) is 1.41. The summed E-state index contributed by atoms with van der Waals surface area (Å²) in [5.41, 5.74) is 1.23. The van der Waals surface area contributed by atoms with E-state index in [-0.39, 0.29) is 5.91 Å². The van der Waals surface area contributed by atoms with Crippen molar-refractivity contribution in [1.29, 1.82) is 0 Å². The van der Waals surface area contributed by atoms with Gasteiger partial charge >= 0.3 is 0 Å². The van der Waals surface area contributed by atoms with Crippen LogP contribution >= 0.6 is 11.3 Å². The van der Waals surface area contributed by atoms with Crippen molar-refractivity contribution >= 4 is 22.4 Å². The monoisotopic (exact) mass is 294 g/mol. The molecule has 110 valence electrons. The van der Waals surface area contributed by atoms with E-state index >= 15 is 0 Å².